The zero-order valence-corrected chi connectivity index (χ0v) is 39.7. The molecule has 0 saturated heterocycles. The van der Waals surface area contributed by atoms with E-state index in [1.165, 1.54) is 131 Å². The Morgan fingerprint density at radius 2 is 0.431 bits per heavy atom. The third-order valence-corrected chi connectivity index (χ3v) is 14.5. The summed E-state index contributed by atoms with van der Waals surface area (Å²) in [5.74, 6) is 0. The lowest BCUT2D eigenvalue weighted by atomic mass is 9.85. The van der Waals surface area contributed by atoms with Crippen molar-refractivity contribution in [2.45, 2.75) is 0 Å². The van der Waals surface area contributed by atoms with Crippen molar-refractivity contribution in [1.29, 1.82) is 0 Å². The SMILES string of the molecule is c1ccc(-c2c3ccccc3c(-c3ccc(-c4ccc5ccccc5c4)cc3)c3ccccc23)cc1.c1ccc(-c2c3ccccc3c(-c3ccc(-c4cccc5ccccc45)cc3)c3ccccc23)cc1. The lowest BCUT2D eigenvalue weighted by Crippen LogP contribution is -1.90. The third-order valence-electron chi connectivity index (χ3n) is 14.5. The second-order valence-electron chi connectivity index (χ2n) is 18.7. The normalized spacial score (nSPS) is 11.3. The van der Waals surface area contributed by atoms with E-state index in [1.807, 2.05) is 0 Å². The summed E-state index contributed by atoms with van der Waals surface area (Å²) in [5.41, 5.74) is 15.2. The van der Waals surface area contributed by atoms with Crippen molar-refractivity contribution in [1.82, 2.24) is 0 Å². The second kappa shape index (κ2) is 18.5. The van der Waals surface area contributed by atoms with E-state index in [0.29, 0.717) is 0 Å². The van der Waals surface area contributed by atoms with Gasteiger partial charge in [-0.2, -0.15) is 0 Å². The summed E-state index contributed by atoms with van der Waals surface area (Å²) < 4.78 is 0. The molecule has 336 valence electrons. The minimum atomic E-state index is 1.24. The summed E-state index contributed by atoms with van der Waals surface area (Å²) >= 11 is 0. The van der Waals surface area contributed by atoms with Crippen molar-refractivity contribution in [2.24, 2.45) is 0 Å². The second-order valence-corrected chi connectivity index (χ2v) is 18.7. The first kappa shape index (κ1) is 42.7. The lowest BCUT2D eigenvalue weighted by molar-refractivity contribution is 1.62. The molecule has 0 heteroatoms. The predicted octanol–water partition coefficient (Wildman–Crippen LogP) is 20.3. The van der Waals surface area contributed by atoms with Crippen LogP contribution in [0.15, 0.2) is 291 Å². The average molecular weight is 913 g/mol. The van der Waals surface area contributed by atoms with Gasteiger partial charge in [0.25, 0.3) is 0 Å². The van der Waals surface area contributed by atoms with Crippen LogP contribution in [0.1, 0.15) is 0 Å². The highest BCUT2D eigenvalue weighted by atomic mass is 14.2. The molecule has 0 aliphatic carbocycles. The highest BCUT2D eigenvalue weighted by Gasteiger charge is 2.18. The number of fused-ring (bicyclic) bond motifs is 6. The van der Waals surface area contributed by atoms with Gasteiger partial charge >= 0.3 is 0 Å². The van der Waals surface area contributed by atoms with Crippen molar-refractivity contribution in [3.63, 3.8) is 0 Å². The molecule has 0 atom stereocenters. The maximum atomic E-state index is 2.29. The molecule has 0 unspecified atom stereocenters. The standard InChI is InChI=1S/2C36H24/c1-2-12-27(13-3-1)35-31-16-6-8-18-33(31)36(34-19-9-7-17-32(34)35)28-23-21-26(22-24-28)30-20-10-14-25-11-4-5-15-29(25)30;1-2-11-27(12-3-1)35-31-14-6-8-16-33(31)36(34-17-9-7-15-32(34)35)28-21-18-26(19-22-28)30-23-20-25-10-4-5-13-29(25)24-30/h2*1-24H. The van der Waals surface area contributed by atoms with Gasteiger partial charge in [0.1, 0.15) is 0 Å². The van der Waals surface area contributed by atoms with Crippen LogP contribution in [0, 0.1) is 0 Å². The highest BCUT2D eigenvalue weighted by molar-refractivity contribution is 6.23. The van der Waals surface area contributed by atoms with Crippen LogP contribution in [0.2, 0.25) is 0 Å². The van der Waals surface area contributed by atoms with Crippen LogP contribution in [0.4, 0.5) is 0 Å². The molecule has 0 nitrogen and oxygen atoms in total. The van der Waals surface area contributed by atoms with E-state index in [9.17, 15) is 0 Å². The fourth-order valence-corrected chi connectivity index (χ4v) is 11.2. The molecule has 0 aliphatic rings. The number of benzene rings is 14. The van der Waals surface area contributed by atoms with E-state index in [2.05, 4.69) is 291 Å². The topological polar surface area (TPSA) is 0 Å². The van der Waals surface area contributed by atoms with Crippen LogP contribution in [-0.4, -0.2) is 0 Å². The smallest absolute Gasteiger partial charge is 0.00264 e. The van der Waals surface area contributed by atoms with Crippen molar-refractivity contribution in [3.8, 4) is 66.8 Å². The van der Waals surface area contributed by atoms with Gasteiger partial charge < -0.3 is 0 Å². The predicted molar refractivity (Wildman–Crippen MR) is 311 cm³/mol. The molecule has 0 N–H and O–H groups in total. The molecule has 0 spiro atoms. The summed E-state index contributed by atoms with van der Waals surface area (Å²) in [4.78, 5) is 0. The zero-order valence-electron chi connectivity index (χ0n) is 39.7. The summed E-state index contributed by atoms with van der Waals surface area (Å²) in [6.45, 7) is 0. The Labute approximate surface area is 420 Å². The average Bonchev–Trinajstić information content (AvgIpc) is 3.46. The molecule has 14 rings (SSSR count). The molecule has 0 aliphatic heterocycles. The zero-order chi connectivity index (χ0) is 47.8. The third kappa shape index (κ3) is 7.68. The van der Waals surface area contributed by atoms with Gasteiger partial charge in [0.05, 0.1) is 0 Å². The minimum Gasteiger partial charge on any atom is -0.0622 e. The van der Waals surface area contributed by atoms with Crippen molar-refractivity contribution in [2.75, 3.05) is 0 Å². The molecule has 0 saturated carbocycles. The Bertz CT molecular complexity index is 4160. The molecule has 14 aromatic rings. The summed E-state index contributed by atoms with van der Waals surface area (Å²) in [6, 6.07) is 105. The summed E-state index contributed by atoms with van der Waals surface area (Å²) in [7, 11) is 0. The van der Waals surface area contributed by atoms with Crippen LogP contribution < -0.4 is 0 Å². The number of hydrogen-bond donors (Lipinski definition) is 0. The van der Waals surface area contributed by atoms with Crippen molar-refractivity contribution in [3.05, 3.63) is 291 Å². The fourth-order valence-electron chi connectivity index (χ4n) is 11.2. The largest absolute Gasteiger partial charge is 0.0622 e. The van der Waals surface area contributed by atoms with Gasteiger partial charge in [-0.3, -0.25) is 0 Å². The maximum Gasteiger partial charge on any atom is -0.00264 e. The molecule has 0 aromatic heterocycles. The van der Waals surface area contributed by atoms with Gasteiger partial charge in [0.15, 0.2) is 0 Å². The van der Waals surface area contributed by atoms with Crippen molar-refractivity contribution < 1.29 is 0 Å². The van der Waals surface area contributed by atoms with E-state index in [1.54, 1.807) is 0 Å². The summed E-state index contributed by atoms with van der Waals surface area (Å²) in [5, 5.41) is 15.4. The lowest BCUT2D eigenvalue weighted by Gasteiger charge is -2.18. The van der Waals surface area contributed by atoms with Gasteiger partial charge in [0, 0.05) is 0 Å². The Morgan fingerprint density at radius 1 is 0.139 bits per heavy atom. The van der Waals surface area contributed by atoms with Gasteiger partial charge in [-0.1, -0.05) is 285 Å². The van der Waals surface area contributed by atoms with Crippen LogP contribution in [0.25, 0.3) is 131 Å². The maximum absolute atomic E-state index is 2.29. The Balaban J connectivity index is 0.000000140. The van der Waals surface area contributed by atoms with Crippen LogP contribution >= 0.6 is 0 Å². The first-order valence-electron chi connectivity index (χ1n) is 24.9. The molecule has 0 amide bonds. The fraction of sp³-hybridized carbons (Fsp3) is 0. The molecular formula is C72H48. The van der Waals surface area contributed by atoms with Gasteiger partial charge in [-0.05, 0) is 137 Å². The van der Waals surface area contributed by atoms with Gasteiger partial charge in [0.2, 0.25) is 0 Å². The number of rotatable bonds is 6. The van der Waals surface area contributed by atoms with E-state index in [0.717, 1.165) is 0 Å². The van der Waals surface area contributed by atoms with E-state index < -0.39 is 0 Å². The molecule has 14 aromatic carbocycles. The van der Waals surface area contributed by atoms with Crippen LogP contribution in [0.5, 0.6) is 0 Å². The first-order chi connectivity index (χ1) is 35.7. The van der Waals surface area contributed by atoms with Crippen molar-refractivity contribution >= 4 is 64.6 Å². The van der Waals surface area contributed by atoms with Crippen LogP contribution in [-0.2, 0) is 0 Å². The summed E-state index contributed by atoms with van der Waals surface area (Å²) in [6.07, 6.45) is 0. The Kier molecular flexibility index (Phi) is 11.0. The molecule has 0 bridgehead atoms. The van der Waals surface area contributed by atoms with Gasteiger partial charge in [-0.15, -0.1) is 0 Å². The molecule has 72 heavy (non-hydrogen) atoms. The molecular weight excluding hydrogens is 865 g/mol. The quantitative estimate of drug-likeness (QED) is 0.146. The van der Waals surface area contributed by atoms with Gasteiger partial charge in [-0.25, -0.2) is 0 Å². The van der Waals surface area contributed by atoms with E-state index >= 15 is 0 Å². The van der Waals surface area contributed by atoms with E-state index in [4.69, 9.17) is 0 Å². The molecule has 0 fully saturated rings. The monoisotopic (exact) mass is 912 g/mol. The minimum absolute atomic E-state index is 1.24. The molecule has 0 radical (unpaired) electrons. The molecule has 0 heterocycles. The Morgan fingerprint density at radius 3 is 0.861 bits per heavy atom. The number of hydrogen-bond acceptors (Lipinski definition) is 0. The highest BCUT2D eigenvalue weighted by Crippen LogP contribution is 2.46. The first-order valence-corrected chi connectivity index (χ1v) is 24.9. The van der Waals surface area contributed by atoms with E-state index in [-0.39, 0.29) is 0 Å². The Hall–Kier alpha value is -9.36. The van der Waals surface area contributed by atoms with Crippen LogP contribution in [0.3, 0.4) is 0 Å².